The lowest BCUT2D eigenvalue weighted by Crippen LogP contribution is -2.13. The van der Waals surface area contributed by atoms with Crippen LogP contribution in [0.4, 0.5) is 5.69 Å². The Labute approximate surface area is 156 Å². The van der Waals surface area contributed by atoms with Crippen molar-refractivity contribution in [2.24, 2.45) is 0 Å². The van der Waals surface area contributed by atoms with E-state index in [1.807, 2.05) is 43.3 Å². The molecule has 4 nitrogen and oxygen atoms in total. The van der Waals surface area contributed by atoms with Gasteiger partial charge in [0.05, 0.1) is 0 Å². The molecule has 0 fully saturated rings. The molecule has 0 saturated heterocycles. The van der Waals surface area contributed by atoms with Gasteiger partial charge in [0, 0.05) is 22.3 Å². The van der Waals surface area contributed by atoms with Gasteiger partial charge < -0.3 is 9.73 Å². The second kappa shape index (κ2) is 7.73. The molecule has 0 unspecified atom stereocenters. The fourth-order valence-electron chi connectivity index (χ4n) is 2.41. The van der Waals surface area contributed by atoms with Gasteiger partial charge in [0.2, 0.25) is 0 Å². The number of hydrogen-bond donors (Lipinski definition) is 1. The van der Waals surface area contributed by atoms with Crippen molar-refractivity contribution in [3.8, 4) is 17.4 Å². The summed E-state index contributed by atoms with van der Waals surface area (Å²) < 4.78 is 5.71. The minimum atomic E-state index is -0.484. The van der Waals surface area contributed by atoms with Crippen LogP contribution in [0.2, 0.25) is 5.02 Å². The molecule has 1 aromatic heterocycles. The maximum atomic E-state index is 12.3. The number of hydrogen-bond acceptors (Lipinski definition) is 3. The first-order valence-corrected chi connectivity index (χ1v) is 8.28. The zero-order valence-corrected chi connectivity index (χ0v) is 14.7. The number of nitrogens with zero attached hydrogens (tertiary/aromatic N) is 1. The molecule has 26 heavy (non-hydrogen) atoms. The second-order valence-electron chi connectivity index (χ2n) is 5.70. The van der Waals surface area contributed by atoms with Crippen molar-refractivity contribution in [3.05, 3.63) is 82.6 Å². The molecular formula is C21H15ClN2O2. The summed E-state index contributed by atoms with van der Waals surface area (Å²) in [5.41, 5.74) is 2.47. The van der Waals surface area contributed by atoms with Gasteiger partial charge in [-0.2, -0.15) is 5.26 Å². The van der Waals surface area contributed by atoms with E-state index in [-0.39, 0.29) is 5.57 Å². The van der Waals surface area contributed by atoms with Gasteiger partial charge in [0.15, 0.2) is 0 Å². The van der Waals surface area contributed by atoms with Crippen LogP contribution in [-0.2, 0) is 4.79 Å². The van der Waals surface area contributed by atoms with E-state index < -0.39 is 5.91 Å². The topological polar surface area (TPSA) is 66.0 Å². The van der Waals surface area contributed by atoms with Crippen LogP contribution in [0.25, 0.3) is 17.4 Å². The van der Waals surface area contributed by atoms with Crippen LogP contribution >= 0.6 is 11.6 Å². The summed E-state index contributed by atoms with van der Waals surface area (Å²) in [6.45, 7) is 1.93. The number of nitrogens with one attached hydrogen (secondary N) is 1. The third-order valence-corrected chi connectivity index (χ3v) is 3.94. The predicted molar refractivity (Wildman–Crippen MR) is 103 cm³/mol. The molecule has 5 heteroatoms. The normalized spacial score (nSPS) is 11.0. The van der Waals surface area contributed by atoms with Crippen LogP contribution in [0.1, 0.15) is 11.3 Å². The van der Waals surface area contributed by atoms with Crippen LogP contribution in [0.15, 0.2) is 70.7 Å². The highest BCUT2D eigenvalue weighted by Crippen LogP contribution is 2.25. The molecule has 3 rings (SSSR count). The number of aryl methyl sites for hydroxylation is 1. The summed E-state index contributed by atoms with van der Waals surface area (Å²) in [6.07, 6.45) is 1.42. The highest BCUT2D eigenvalue weighted by atomic mass is 35.5. The van der Waals surface area contributed by atoms with Gasteiger partial charge in [-0.15, -0.1) is 0 Å². The minimum absolute atomic E-state index is 0.0384. The van der Waals surface area contributed by atoms with E-state index >= 15 is 0 Å². The second-order valence-corrected chi connectivity index (χ2v) is 6.14. The van der Waals surface area contributed by atoms with E-state index in [2.05, 4.69) is 5.32 Å². The lowest BCUT2D eigenvalue weighted by Gasteiger charge is -2.04. The van der Waals surface area contributed by atoms with Gasteiger partial charge in [-0.25, -0.2) is 0 Å². The Morgan fingerprint density at radius 3 is 2.62 bits per heavy atom. The lowest BCUT2D eigenvalue weighted by molar-refractivity contribution is -0.112. The van der Waals surface area contributed by atoms with Gasteiger partial charge in [-0.3, -0.25) is 4.79 Å². The molecule has 2 aromatic carbocycles. The molecule has 3 aromatic rings. The zero-order chi connectivity index (χ0) is 18.5. The summed E-state index contributed by atoms with van der Waals surface area (Å²) in [4.78, 5) is 12.3. The Bertz CT molecular complexity index is 1010. The molecule has 1 N–H and O–H groups in total. The number of furan rings is 1. The van der Waals surface area contributed by atoms with Crippen LogP contribution in [0.5, 0.6) is 0 Å². The molecule has 0 aliphatic carbocycles. The molecule has 0 spiro atoms. The third kappa shape index (κ3) is 4.21. The number of carbonyl (C=O) groups is 1. The predicted octanol–water partition coefficient (Wildman–Crippen LogP) is 5.45. The van der Waals surface area contributed by atoms with Gasteiger partial charge in [-0.05, 0) is 61.0 Å². The zero-order valence-electron chi connectivity index (χ0n) is 14.0. The monoisotopic (exact) mass is 362 g/mol. The molecule has 0 aliphatic heterocycles. The highest BCUT2D eigenvalue weighted by Gasteiger charge is 2.11. The number of amides is 1. The van der Waals surface area contributed by atoms with E-state index in [0.29, 0.717) is 22.2 Å². The average Bonchev–Trinajstić information content (AvgIpc) is 3.09. The third-order valence-electron chi connectivity index (χ3n) is 3.68. The molecular weight excluding hydrogens is 348 g/mol. The Morgan fingerprint density at radius 2 is 1.92 bits per heavy atom. The van der Waals surface area contributed by atoms with Crippen LogP contribution in [-0.4, -0.2) is 5.91 Å². The summed E-state index contributed by atoms with van der Waals surface area (Å²) in [7, 11) is 0. The van der Waals surface area contributed by atoms with Crippen molar-refractivity contribution < 1.29 is 9.21 Å². The molecule has 0 bridgehead atoms. The molecule has 0 aliphatic rings. The number of benzene rings is 2. The van der Waals surface area contributed by atoms with Crippen molar-refractivity contribution in [2.75, 3.05) is 5.32 Å². The summed E-state index contributed by atoms with van der Waals surface area (Å²) in [5.74, 6) is 0.567. The van der Waals surface area contributed by atoms with Crippen molar-refractivity contribution in [1.82, 2.24) is 0 Å². The first-order valence-electron chi connectivity index (χ1n) is 7.91. The standard InChI is InChI=1S/C21H15ClN2O2/c1-14-3-2-4-18(11-14)24-21(25)16(13-23)12-19-9-10-20(26-19)15-5-7-17(22)8-6-15/h2-12H,1H3,(H,24,25)/b16-12+. The van der Waals surface area contributed by atoms with Crippen molar-refractivity contribution in [3.63, 3.8) is 0 Å². The average molecular weight is 363 g/mol. The Hall–Kier alpha value is -3.29. The molecule has 0 saturated carbocycles. The van der Waals surface area contributed by atoms with E-state index in [0.717, 1.165) is 11.1 Å². The summed E-state index contributed by atoms with van der Waals surface area (Å²) >= 11 is 5.88. The Morgan fingerprint density at radius 1 is 1.15 bits per heavy atom. The van der Waals surface area contributed by atoms with E-state index in [1.165, 1.54) is 6.08 Å². The maximum absolute atomic E-state index is 12.3. The maximum Gasteiger partial charge on any atom is 0.266 e. The number of nitriles is 1. The van der Waals surface area contributed by atoms with Crippen LogP contribution < -0.4 is 5.32 Å². The molecule has 1 amide bonds. The molecule has 0 radical (unpaired) electrons. The van der Waals surface area contributed by atoms with Gasteiger partial charge in [-0.1, -0.05) is 23.7 Å². The highest BCUT2D eigenvalue weighted by molar-refractivity contribution is 6.30. The Balaban J connectivity index is 1.80. The van der Waals surface area contributed by atoms with E-state index in [4.69, 9.17) is 16.0 Å². The summed E-state index contributed by atoms with van der Waals surface area (Å²) in [6, 6.07) is 20.0. The molecule has 1 heterocycles. The van der Waals surface area contributed by atoms with Crippen molar-refractivity contribution >= 4 is 29.3 Å². The van der Waals surface area contributed by atoms with E-state index in [1.54, 1.807) is 30.3 Å². The Kier molecular flexibility index (Phi) is 5.21. The van der Waals surface area contributed by atoms with Gasteiger partial charge in [0.25, 0.3) is 5.91 Å². The summed E-state index contributed by atoms with van der Waals surface area (Å²) in [5, 5.41) is 12.7. The SMILES string of the molecule is Cc1cccc(NC(=O)/C(C#N)=C/c2ccc(-c3ccc(Cl)cc3)o2)c1. The lowest BCUT2D eigenvalue weighted by atomic mass is 10.2. The molecule has 0 atom stereocenters. The number of halogens is 1. The fourth-order valence-corrected chi connectivity index (χ4v) is 2.54. The van der Waals surface area contributed by atoms with Gasteiger partial charge >= 0.3 is 0 Å². The van der Waals surface area contributed by atoms with Crippen LogP contribution in [0, 0.1) is 18.3 Å². The number of carbonyl (C=O) groups excluding carboxylic acids is 1. The quantitative estimate of drug-likeness (QED) is 0.495. The first-order chi connectivity index (χ1) is 12.5. The smallest absolute Gasteiger partial charge is 0.266 e. The first kappa shape index (κ1) is 17.5. The number of anilines is 1. The van der Waals surface area contributed by atoms with Crippen molar-refractivity contribution in [1.29, 1.82) is 5.26 Å². The largest absolute Gasteiger partial charge is 0.457 e. The minimum Gasteiger partial charge on any atom is -0.457 e. The van der Waals surface area contributed by atoms with Crippen LogP contribution in [0.3, 0.4) is 0 Å². The number of rotatable bonds is 4. The van der Waals surface area contributed by atoms with Crippen molar-refractivity contribution in [2.45, 2.75) is 6.92 Å². The fraction of sp³-hybridized carbons (Fsp3) is 0.0476. The molecule has 128 valence electrons. The van der Waals surface area contributed by atoms with Gasteiger partial charge in [0.1, 0.15) is 23.2 Å². The van der Waals surface area contributed by atoms with E-state index in [9.17, 15) is 10.1 Å².